The summed E-state index contributed by atoms with van der Waals surface area (Å²) in [5, 5.41) is 12.3. The molecule has 0 spiro atoms. The van der Waals surface area contributed by atoms with Crippen LogP contribution in [0.2, 0.25) is 0 Å². The van der Waals surface area contributed by atoms with E-state index in [1.54, 1.807) is 0 Å². The van der Waals surface area contributed by atoms with Gasteiger partial charge in [-0.15, -0.1) is 0 Å². The van der Waals surface area contributed by atoms with Crippen molar-refractivity contribution in [2.24, 2.45) is 0 Å². The molecule has 1 aliphatic rings. The molecule has 1 aromatic carbocycles. The maximum Gasteiger partial charge on any atom is 0.218 e. The molecule has 0 atom stereocenters. The number of hydrogen-bond acceptors (Lipinski definition) is 4. The maximum atomic E-state index is 11.7. The Morgan fingerprint density at radius 1 is 1.47 bits per heavy atom. The number of anilines is 1. The molecule has 1 aliphatic heterocycles. The summed E-state index contributed by atoms with van der Waals surface area (Å²) in [5.74, 6) is 0. The molecule has 2 N–H and O–H groups in total. The number of thioether (sulfide) groups is 1. The van der Waals surface area contributed by atoms with E-state index in [4.69, 9.17) is 5.11 Å². The molecule has 2 rings (SSSR count). The first-order chi connectivity index (χ1) is 7.03. The van der Waals surface area contributed by atoms with Crippen LogP contribution in [0.25, 0.3) is 0 Å². The minimum atomic E-state index is -0.536. The average Bonchev–Trinajstić information content (AvgIpc) is 2.18. The van der Waals surface area contributed by atoms with E-state index in [-0.39, 0.29) is 11.7 Å². The van der Waals surface area contributed by atoms with Gasteiger partial charge < -0.3 is 10.4 Å². The number of carbonyl (C=O) groups is 1. The molecule has 1 heterocycles. The summed E-state index contributed by atoms with van der Waals surface area (Å²) >= 11 is 1.25. The molecule has 1 aromatic rings. The predicted molar refractivity (Wildman–Crippen MR) is 60.9 cm³/mol. The highest BCUT2D eigenvalue weighted by Crippen LogP contribution is 2.38. The lowest BCUT2D eigenvalue weighted by Crippen LogP contribution is -2.40. The molecule has 4 heteroatoms. The number of aliphatic hydroxyl groups is 1. The van der Waals surface area contributed by atoms with Crippen molar-refractivity contribution in [2.75, 3.05) is 5.32 Å². The van der Waals surface area contributed by atoms with Crippen molar-refractivity contribution in [2.45, 2.75) is 30.9 Å². The summed E-state index contributed by atoms with van der Waals surface area (Å²) in [5.41, 5.74) is 1.24. The molecule has 80 valence electrons. The Morgan fingerprint density at radius 3 is 2.87 bits per heavy atom. The molecule has 0 fully saturated rings. The van der Waals surface area contributed by atoms with Crippen LogP contribution in [0, 0.1) is 0 Å². The lowest BCUT2D eigenvalue weighted by Gasteiger charge is -2.31. The van der Waals surface area contributed by atoms with E-state index in [1.807, 2.05) is 32.0 Å². The predicted octanol–water partition coefficient (Wildman–Crippen LogP) is 2.00. The van der Waals surface area contributed by atoms with Crippen LogP contribution in [0.15, 0.2) is 23.1 Å². The van der Waals surface area contributed by atoms with Crippen molar-refractivity contribution in [3.8, 4) is 0 Å². The van der Waals surface area contributed by atoms with E-state index < -0.39 is 5.54 Å². The fraction of sp³-hybridized carbons (Fsp3) is 0.364. The van der Waals surface area contributed by atoms with Gasteiger partial charge in [0.15, 0.2) is 0 Å². The van der Waals surface area contributed by atoms with Gasteiger partial charge in [-0.1, -0.05) is 6.07 Å². The molecule has 0 saturated carbocycles. The van der Waals surface area contributed by atoms with Gasteiger partial charge in [0, 0.05) is 10.6 Å². The number of nitrogens with one attached hydrogen (secondary N) is 1. The SMILES string of the molecule is CC1(C)Nc2cc(CO)ccc2SC1=O. The van der Waals surface area contributed by atoms with Crippen LogP contribution in [0.1, 0.15) is 19.4 Å². The smallest absolute Gasteiger partial charge is 0.218 e. The van der Waals surface area contributed by atoms with Gasteiger partial charge in [-0.25, -0.2) is 0 Å². The minimum absolute atomic E-state index is 0.0218. The van der Waals surface area contributed by atoms with E-state index in [2.05, 4.69) is 5.32 Å². The van der Waals surface area contributed by atoms with Crippen molar-refractivity contribution in [3.63, 3.8) is 0 Å². The zero-order valence-electron chi connectivity index (χ0n) is 8.70. The van der Waals surface area contributed by atoms with Crippen LogP contribution < -0.4 is 5.32 Å². The van der Waals surface area contributed by atoms with E-state index in [0.29, 0.717) is 0 Å². The quantitative estimate of drug-likeness (QED) is 0.764. The Morgan fingerprint density at radius 2 is 2.20 bits per heavy atom. The van der Waals surface area contributed by atoms with Crippen molar-refractivity contribution in [1.29, 1.82) is 0 Å². The van der Waals surface area contributed by atoms with Crippen LogP contribution in [-0.2, 0) is 11.4 Å². The molecule has 0 unspecified atom stereocenters. The van der Waals surface area contributed by atoms with Gasteiger partial charge >= 0.3 is 0 Å². The van der Waals surface area contributed by atoms with Crippen LogP contribution in [0.5, 0.6) is 0 Å². The monoisotopic (exact) mass is 223 g/mol. The van der Waals surface area contributed by atoms with Crippen molar-refractivity contribution >= 4 is 22.6 Å². The number of hydrogen-bond donors (Lipinski definition) is 2. The molecule has 0 saturated heterocycles. The van der Waals surface area contributed by atoms with Crippen LogP contribution in [0.4, 0.5) is 5.69 Å². The third-order valence-corrected chi connectivity index (χ3v) is 3.66. The normalized spacial score (nSPS) is 18.2. The minimum Gasteiger partial charge on any atom is -0.392 e. The molecular formula is C11H13NO2S. The highest BCUT2D eigenvalue weighted by Gasteiger charge is 2.33. The lowest BCUT2D eigenvalue weighted by molar-refractivity contribution is -0.114. The highest BCUT2D eigenvalue weighted by molar-refractivity contribution is 8.14. The highest BCUT2D eigenvalue weighted by atomic mass is 32.2. The van der Waals surface area contributed by atoms with E-state index in [1.165, 1.54) is 11.8 Å². The van der Waals surface area contributed by atoms with Crippen molar-refractivity contribution in [1.82, 2.24) is 0 Å². The number of carbonyl (C=O) groups excluding carboxylic acids is 1. The van der Waals surface area contributed by atoms with Gasteiger partial charge in [-0.3, -0.25) is 4.79 Å². The van der Waals surface area contributed by atoms with E-state index >= 15 is 0 Å². The Kier molecular flexibility index (Phi) is 2.48. The molecular weight excluding hydrogens is 210 g/mol. The summed E-state index contributed by atoms with van der Waals surface area (Å²) in [6.07, 6.45) is 0. The Hall–Kier alpha value is -1.00. The first kappa shape index (κ1) is 10.5. The summed E-state index contributed by atoms with van der Waals surface area (Å²) in [4.78, 5) is 12.6. The molecule has 3 nitrogen and oxygen atoms in total. The van der Waals surface area contributed by atoms with Gasteiger partial charge in [-0.2, -0.15) is 0 Å². The first-order valence-corrected chi connectivity index (χ1v) is 5.59. The lowest BCUT2D eigenvalue weighted by atomic mass is 10.1. The Labute approximate surface area is 92.9 Å². The standard InChI is InChI=1S/C11H13NO2S/c1-11(2)10(14)15-9-4-3-7(6-13)5-8(9)12-11/h3-5,12-13H,6H2,1-2H3. The number of rotatable bonds is 1. The van der Waals surface area contributed by atoms with Gasteiger partial charge in [0.2, 0.25) is 5.12 Å². The largest absolute Gasteiger partial charge is 0.392 e. The summed E-state index contributed by atoms with van der Waals surface area (Å²) in [7, 11) is 0. The van der Waals surface area contributed by atoms with E-state index in [0.717, 1.165) is 16.1 Å². The topological polar surface area (TPSA) is 49.3 Å². The zero-order valence-corrected chi connectivity index (χ0v) is 9.52. The van der Waals surface area contributed by atoms with Crippen LogP contribution in [-0.4, -0.2) is 15.8 Å². The van der Waals surface area contributed by atoms with Gasteiger partial charge in [-0.05, 0) is 43.3 Å². The molecule has 0 amide bonds. The second kappa shape index (κ2) is 3.54. The molecule has 15 heavy (non-hydrogen) atoms. The van der Waals surface area contributed by atoms with Gasteiger partial charge in [0.05, 0.1) is 6.61 Å². The van der Waals surface area contributed by atoms with Crippen LogP contribution >= 0.6 is 11.8 Å². The third-order valence-electron chi connectivity index (χ3n) is 2.39. The average molecular weight is 223 g/mol. The fourth-order valence-corrected chi connectivity index (χ4v) is 2.34. The first-order valence-electron chi connectivity index (χ1n) is 4.77. The zero-order chi connectivity index (χ0) is 11.1. The summed E-state index contributed by atoms with van der Waals surface area (Å²) < 4.78 is 0. The summed E-state index contributed by atoms with van der Waals surface area (Å²) in [6, 6.07) is 5.58. The molecule has 0 aliphatic carbocycles. The molecule has 0 aromatic heterocycles. The maximum absolute atomic E-state index is 11.7. The molecule has 0 bridgehead atoms. The molecule has 0 radical (unpaired) electrons. The Bertz CT molecular complexity index is 415. The number of benzene rings is 1. The second-order valence-electron chi connectivity index (χ2n) is 4.13. The second-order valence-corrected chi connectivity index (χ2v) is 5.14. The number of aliphatic hydroxyl groups excluding tert-OH is 1. The number of fused-ring (bicyclic) bond motifs is 1. The Balaban J connectivity index is 2.42. The van der Waals surface area contributed by atoms with Crippen LogP contribution in [0.3, 0.4) is 0 Å². The van der Waals surface area contributed by atoms with Gasteiger partial charge in [0.25, 0.3) is 0 Å². The van der Waals surface area contributed by atoms with E-state index in [9.17, 15) is 4.79 Å². The summed E-state index contributed by atoms with van der Waals surface area (Å²) in [6.45, 7) is 3.74. The third kappa shape index (κ3) is 1.87. The van der Waals surface area contributed by atoms with Crippen molar-refractivity contribution < 1.29 is 9.90 Å². The van der Waals surface area contributed by atoms with Gasteiger partial charge in [0.1, 0.15) is 5.54 Å². The van der Waals surface area contributed by atoms with Crippen molar-refractivity contribution in [3.05, 3.63) is 23.8 Å². The fourth-order valence-electron chi connectivity index (χ4n) is 1.48.